The van der Waals surface area contributed by atoms with E-state index in [0.717, 1.165) is 5.75 Å². The van der Waals surface area contributed by atoms with Crippen LogP contribution in [0.2, 0.25) is 0 Å². The van der Waals surface area contributed by atoms with Gasteiger partial charge in [-0.2, -0.15) is 0 Å². The maximum Gasteiger partial charge on any atom is 0.292 e. The first-order valence-corrected chi connectivity index (χ1v) is 8.88. The predicted molar refractivity (Wildman–Crippen MR) is 105 cm³/mol. The second-order valence-corrected chi connectivity index (χ2v) is 6.28. The number of anilines is 1. The maximum absolute atomic E-state index is 12.2. The summed E-state index contributed by atoms with van der Waals surface area (Å²) in [6, 6.07) is 14.3. The zero-order valence-electron chi connectivity index (χ0n) is 15.7. The number of amides is 1. The molecule has 0 radical (unpaired) electrons. The molecule has 0 aliphatic carbocycles. The van der Waals surface area contributed by atoms with Crippen LogP contribution in [0, 0.1) is 17.0 Å². The van der Waals surface area contributed by atoms with Crippen LogP contribution in [0.15, 0.2) is 48.5 Å². The Morgan fingerprint density at radius 1 is 1.19 bits per heavy atom. The molecule has 0 unspecified atom stereocenters. The van der Waals surface area contributed by atoms with E-state index in [1.807, 2.05) is 31.2 Å². The summed E-state index contributed by atoms with van der Waals surface area (Å²) in [7, 11) is 1.75. The molecular weight excluding hydrogens is 346 g/mol. The fourth-order valence-electron chi connectivity index (χ4n) is 2.50. The van der Waals surface area contributed by atoms with Gasteiger partial charge in [-0.15, -0.1) is 0 Å². The Balaban J connectivity index is 1.66. The second kappa shape index (κ2) is 10.2. The van der Waals surface area contributed by atoms with E-state index in [9.17, 15) is 14.9 Å². The van der Waals surface area contributed by atoms with Gasteiger partial charge in [0.15, 0.2) is 0 Å². The van der Waals surface area contributed by atoms with E-state index < -0.39 is 4.92 Å². The van der Waals surface area contributed by atoms with Crippen molar-refractivity contribution in [3.05, 3.63) is 64.2 Å². The number of nitro groups is 1. The number of nitrogens with zero attached hydrogens (tertiary/aromatic N) is 2. The fourth-order valence-corrected chi connectivity index (χ4v) is 2.50. The van der Waals surface area contributed by atoms with Crippen LogP contribution in [-0.4, -0.2) is 42.5 Å². The van der Waals surface area contributed by atoms with Gasteiger partial charge in [0.1, 0.15) is 18.0 Å². The monoisotopic (exact) mass is 371 g/mol. The molecule has 27 heavy (non-hydrogen) atoms. The van der Waals surface area contributed by atoms with Crippen molar-refractivity contribution in [2.24, 2.45) is 0 Å². The van der Waals surface area contributed by atoms with E-state index in [2.05, 4.69) is 5.32 Å². The Labute approximate surface area is 159 Å². The van der Waals surface area contributed by atoms with E-state index in [1.165, 1.54) is 11.6 Å². The summed E-state index contributed by atoms with van der Waals surface area (Å²) in [5.41, 5.74) is 1.67. The quantitative estimate of drug-likeness (QED) is 0.392. The summed E-state index contributed by atoms with van der Waals surface area (Å²) in [5.74, 6) is 0.807. The van der Waals surface area contributed by atoms with Crippen molar-refractivity contribution in [1.82, 2.24) is 4.90 Å². The number of aryl methyl sites for hydroxylation is 1. The molecule has 7 nitrogen and oxygen atoms in total. The van der Waals surface area contributed by atoms with Crippen LogP contribution in [0.5, 0.6) is 5.75 Å². The number of hydrogen-bond acceptors (Lipinski definition) is 5. The molecule has 0 spiro atoms. The summed E-state index contributed by atoms with van der Waals surface area (Å²) in [5, 5.41) is 14.0. The standard InChI is InChI=1S/C20H25N3O4/c1-16-9-11-17(12-10-16)27-15-14-22(2)20(24)8-5-13-21-18-6-3-4-7-19(18)23(25)26/h3-4,6-7,9-12,21H,5,8,13-15H2,1-2H3. The molecule has 1 amide bonds. The first-order chi connectivity index (χ1) is 13.0. The maximum atomic E-state index is 12.2. The molecule has 0 aliphatic rings. The van der Waals surface area contributed by atoms with Gasteiger partial charge >= 0.3 is 0 Å². The molecule has 0 fully saturated rings. The van der Waals surface area contributed by atoms with E-state index in [-0.39, 0.29) is 11.6 Å². The lowest BCUT2D eigenvalue weighted by atomic mass is 10.2. The van der Waals surface area contributed by atoms with Gasteiger partial charge in [0.2, 0.25) is 5.91 Å². The Kier molecular flexibility index (Phi) is 7.61. The highest BCUT2D eigenvalue weighted by molar-refractivity contribution is 5.75. The Hall–Kier alpha value is -3.09. The third-order valence-electron chi connectivity index (χ3n) is 4.13. The summed E-state index contributed by atoms with van der Waals surface area (Å²) >= 11 is 0. The number of para-hydroxylation sites is 2. The van der Waals surface area contributed by atoms with Crippen LogP contribution < -0.4 is 10.1 Å². The largest absolute Gasteiger partial charge is 0.492 e. The van der Waals surface area contributed by atoms with Crippen molar-refractivity contribution in [3.8, 4) is 5.75 Å². The molecule has 2 rings (SSSR count). The summed E-state index contributed by atoms with van der Waals surface area (Å²) in [4.78, 5) is 24.3. The Bertz CT molecular complexity index is 762. The molecule has 2 aromatic rings. The lowest BCUT2D eigenvalue weighted by molar-refractivity contribution is -0.384. The number of hydrogen-bond donors (Lipinski definition) is 1. The van der Waals surface area contributed by atoms with Gasteiger partial charge in [0.25, 0.3) is 5.69 Å². The van der Waals surface area contributed by atoms with Crippen molar-refractivity contribution >= 4 is 17.3 Å². The van der Waals surface area contributed by atoms with Crippen LogP contribution >= 0.6 is 0 Å². The molecular formula is C20H25N3O4. The first-order valence-electron chi connectivity index (χ1n) is 8.88. The van der Waals surface area contributed by atoms with Crippen LogP contribution in [0.1, 0.15) is 18.4 Å². The molecule has 0 heterocycles. The number of nitrogens with one attached hydrogen (secondary N) is 1. The van der Waals surface area contributed by atoms with Gasteiger partial charge in [-0.05, 0) is 31.5 Å². The topological polar surface area (TPSA) is 84.7 Å². The Morgan fingerprint density at radius 2 is 1.89 bits per heavy atom. The minimum absolute atomic E-state index is 0.0202. The molecule has 0 saturated heterocycles. The van der Waals surface area contributed by atoms with Gasteiger partial charge in [-0.25, -0.2) is 0 Å². The lowest BCUT2D eigenvalue weighted by Crippen LogP contribution is -2.31. The van der Waals surface area contributed by atoms with Gasteiger partial charge in [0.05, 0.1) is 11.5 Å². The van der Waals surface area contributed by atoms with Gasteiger partial charge in [0, 0.05) is 26.1 Å². The zero-order valence-corrected chi connectivity index (χ0v) is 15.7. The van der Waals surface area contributed by atoms with Gasteiger partial charge < -0.3 is 15.0 Å². The SMILES string of the molecule is Cc1ccc(OCCN(C)C(=O)CCCNc2ccccc2[N+](=O)[O-])cc1. The van der Waals surface area contributed by atoms with Crippen LogP contribution in [0.4, 0.5) is 11.4 Å². The van der Waals surface area contributed by atoms with Crippen molar-refractivity contribution in [1.29, 1.82) is 0 Å². The van der Waals surface area contributed by atoms with Crippen LogP contribution in [-0.2, 0) is 4.79 Å². The van der Waals surface area contributed by atoms with E-state index >= 15 is 0 Å². The summed E-state index contributed by atoms with van der Waals surface area (Å²) in [6.45, 7) is 3.44. The average molecular weight is 371 g/mol. The van der Waals surface area contributed by atoms with Gasteiger partial charge in [-0.1, -0.05) is 29.8 Å². The number of carbonyl (C=O) groups is 1. The number of benzene rings is 2. The molecule has 1 N–H and O–H groups in total. The second-order valence-electron chi connectivity index (χ2n) is 6.28. The highest BCUT2D eigenvalue weighted by Gasteiger charge is 2.12. The van der Waals surface area contributed by atoms with Crippen molar-refractivity contribution < 1.29 is 14.5 Å². The van der Waals surface area contributed by atoms with Gasteiger partial charge in [-0.3, -0.25) is 14.9 Å². The molecule has 0 saturated carbocycles. The summed E-state index contributed by atoms with van der Waals surface area (Å²) in [6.07, 6.45) is 0.961. The predicted octanol–water partition coefficient (Wildman–Crippen LogP) is 3.63. The molecule has 0 aliphatic heterocycles. The molecule has 0 atom stereocenters. The number of carbonyl (C=O) groups excluding carboxylic acids is 1. The molecule has 0 aromatic heterocycles. The van der Waals surface area contributed by atoms with E-state index in [1.54, 1.807) is 30.1 Å². The number of likely N-dealkylation sites (N-methyl/N-ethyl adjacent to an activating group) is 1. The smallest absolute Gasteiger partial charge is 0.292 e. The molecule has 144 valence electrons. The number of nitro benzene ring substituents is 1. The van der Waals surface area contributed by atoms with Crippen molar-refractivity contribution in [3.63, 3.8) is 0 Å². The molecule has 7 heteroatoms. The van der Waals surface area contributed by atoms with Crippen LogP contribution in [0.25, 0.3) is 0 Å². The zero-order chi connectivity index (χ0) is 19.6. The fraction of sp³-hybridized carbons (Fsp3) is 0.350. The first kappa shape index (κ1) is 20.2. The average Bonchev–Trinajstić information content (AvgIpc) is 2.66. The third-order valence-corrected chi connectivity index (χ3v) is 4.13. The third kappa shape index (κ3) is 6.62. The van der Waals surface area contributed by atoms with E-state index in [4.69, 9.17) is 4.74 Å². The lowest BCUT2D eigenvalue weighted by Gasteiger charge is -2.17. The molecule has 2 aromatic carbocycles. The van der Waals surface area contributed by atoms with Crippen molar-refractivity contribution in [2.45, 2.75) is 19.8 Å². The normalized spacial score (nSPS) is 10.3. The van der Waals surface area contributed by atoms with Crippen LogP contribution in [0.3, 0.4) is 0 Å². The number of ether oxygens (including phenoxy) is 1. The van der Waals surface area contributed by atoms with Crippen molar-refractivity contribution in [2.75, 3.05) is 32.1 Å². The highest BCUT2D eigenvalue weighted by atomic mass is 16.6. The highest BCUT2D eigenvalue weighted by Crippen LogP contribution is 2.23. The van der Waals surface area contributed by atoms with E-state index in [0.29, 0.717) is 38.2 Å². The molecule has 0 bridgehead atoms. The Morgan fingerprint density at radius 3 is 2.59 bits per heavy atom. The number of rotatable bonds is 10. The summed E-state index contributed by atoms with van der Waals surface area (Å²) < 4.78 is 5.63. The minimum atomic E-state index is -0.421. The minimum Gasteiger partial charge on any atom is -0.492 e.